The Kier molecular flexibility index (Phi) is 5.68. The summed E-state index contributed by atoms with van der Waals surface area (Å²) in [7, 11) is 0. The van der Waals surface area contributed by atoms with Crippen LogP contribution >= 0.6 is 0 Å². The Morgan fingerprint density at radius 1 is 1.40 bits per heavy atom. The maximum atomic E-state index is 9.74. The van der Waals surface area contributed by atoms with Crippen molar-refractivity contribution in [2.75, 3.05) is 0 Å². The van der Waals surface area contributed by atoms with Gasteiger partial charge < -0.3 is 5.11 Å². The quantitative estimate of drug-likeness (QED) is 0.360. The molecule has 0 aliphatic carbocycles. The Labute approximate surface area is 60.9 Å². The molecule has 2 heteroatoms. The molecule has 0 aliphatic rings. The van der Waals surface area contributed by atoms with E-state index in [1.165, 1.54) is 6.08 Å². The lowest BCUT2D eigenvalue weighted by Crippen LogP contribution is -1.97. The highest BCUT2D eigenvalue weighted by Crippen LogP contribution is 1.90. The van der Waals surface area contributed by atoms with Crippen molar-refractivity contribution in [2.45, 2.75) is 19.4 Å². The third-order valence-corrected chi connectivity index (χ3v) is 1.05. The smallest absolute Gasteiger partial charge is 0.142 e. The third kappa shape index (κ3) is 5.25. The first kappa shape index (κ1) is 9.11. The highest BCUT2D eigenvalue weighted by atomic mass is 16.3. The molecule has 0 radical (unpaired) electrons. The molecular formula is C8H12O2. The van der Waals surface area contributed by atoms with Gasteiger partial charge in [0.25, 0.3) is 0 Å². The summed E-state index contributed by atoms with van der Waals surface area (Å²) in [5, 5.41) is 8.95. The highest BCUT2D eigenvalue weighted by molar-refractivity contribution is 5.65. The zero-order valence-corrected chi connectivity index (χ0v) is 6.03. The fraction of sp³-hybridized carbons (Fsp3) is 0.375. The van der Waals surface area contributed by atoms with Gasteiger partial charge in [-0.2, -0.15) is 0 Å². The van der Waals surface area contributed by atoms with Crippen molar-refractivity contribution < 1.29 is 9.90 Å². The average Bonchev–Trinajstić information content (AvgIpc) is 1.98. The molecule has 0 heterocycles. The number of hydrogen-bond donors (Lipinski definition) is 1. The molecule has 0 fully saturated rings. The molecular weight excluding hydrogens is 128 g/mol. The van der Waals surface area contributed by atoms with Gasteiger partial charge in [-0.25, -0.2) is 0 Å². The van der Waals surface area contributed by atoms with Gasteiger partial charge >= 0.3 is 0 Å². The van der Waals surface area contributed by atoms with Crippen molar-refractivity contribution in [3.05, 3.63) is 24.3 Å². The highest BCUT2D eigenvalue weighted by Gasteiger charge is 1.88. The van der Waals surface area contributed by atoms with Gasteiger partial charge in [0, 0.05) is 0 Å². The van der Waals surface area contributed by atoms with Crippen LogP contribution in [0.2, 0.25) is 0 Å². The number of hydrogen-bond acceptors (Lipinski definition) is 2. The van der Waals surface area contributed by atoms with Gasteiger partial charge in [0.15, 0.2) is 0 Å². The Hall–Kier alpha value is -0.890. The van der Waals surface area contributed by atoms with Crippen LogP contribution in [0.1, 0.15) is 13.3 Å². The number of carbonyl (C=O) groups is 1. The molecule has 0 aromatic carbocycles. The van der Waals surface area contributed by atoms with E-state index in [1.807, 2.05) is 6.92 Å². The van der Waals surface area contributed by atoms with E-state index in [1.54, 1.807) is 18.2 Å². The molecule has 0 unspecified atom stereocenters. The zero-order chi connectivity index (χ0) is 7.82. The van der Waals surface area contributed by atoms with E-state index in [4.69, 9.17) is 5.11 Å². The summed E-state index contributed by atoms with van der Waals surface area (Å²) in [5.41, 5.74) is 0. The molecule has 0 aromatic heterocycles. The van der Waals surface area contributed by atoms with Gasteiger partial charge in [0.05, 0.1) is 6.10 Å². The normalized spacial score (nSPS) is 14.6. The predicted molar refractivity (Wildman–Crippen MR) is 40.6 cm³/mol. The lowest BCUT2D eigenvalue weighted by molar-refractivity contribution is -0.104. The molecule has 2 nitrogen and oxygen atoms in total. The molecule has 0 spiro atoms. The van der Waals surface area contributed by atoms with Crippen molar-refractivity contribution in [3.8, 4) is 0 Å². The fourth-order valence-electron chi connectivity index (χ4n) is 0.438. The Morgan fingerprint density at radius 2 is 2.10 bits per heavy atom. The maximum Gasteiger partial charge on any atom is 0.142 e. The molecule has 1 N–H and O–H groups in total. The second-order valence-corrected chi connectivity index (χ2v) is 1.88. The van der Waals surface area contributed by atoms with E-state index >= 15 is 0 Å². The number of aliphatic hydroxyl groups excluding tert-OH is 1. The molecule has 10 heavy (non-hydrogen) atoms. The van der Waals surface area contributed by atoms with E-state index in [-0.39, 0.29) is 0 Å². The van der Waals surface area contributed by atoms with Gasteiger partial charge in [0.1, 0.15) is 6.29 Å². The van der Waals surface area contributed by atoms with Crippen LogP contribution in [0.3, 0.4) is 0 Å². The lowest BCUT2D eigenvalue weighted by Gasteiger charge is -1.95. The van der Waals surface area contributed by atoms with Crippen LogP contribution in [0.15, 0.2) is 24.3 Å². The molecule has 0 bridgehead atoms. The van der Waals surface area contributed by atoms with Crippen molar-refractivity contribution in [2.24, 2.45) is 0 Å². The topological polar surface area (TPSA) is 37.3 Å². The Balaban J connectivity index is 3.54. The van der Waals surface area contributed by atoms with Crippen molar-refractivity contribution in [3.63, 3.8) is 0 Å². The summed E-state index contributed by atoms with van der Waals surface area (Å²) < 4.78 is 0. The van der Waals surface area contributed by atoms with Gasteiger partial charge in [-0.3, -0.25) is 4.79 Å². The number of allylic oxidation sites excluding steroid dienone is 3. The minimum Gasteiger partial charge on any atom is -0.389 e. The molecule has 0 aromatic rings. The number of rotatable bonds is 4. The first-order chi connectivity index (χ1) is 4.81. The average molecular weight is 140 g/mol. The first-order valence-electron chi connectivity index (χ1n) is 3.28. The molecule has 0 aliphatic heterocycles. The van der Waals surface area contributed by atoms with Crippen LogP contribution in [-0.2, 0) is 4.79 Å². The van der Waals surface area contributed by atoms with Gasteiger partial charge in [-0.15, -0.1) is 0 Å². The summed E-state index contributed by atoms with van der Waals surface area (Å²) in [4.78, 5) is 9.74. The van der Waals surface area contributed by atoms with Crippen LogP contribution in [-0.4, -0.2) is 17.5 Å². The first-order valence-corrected chi connectivity index (χ1v) is 3.28. The third-order valence-electron chi connectivity index (χ3n) is 1.05. The zero-order valence-electron chi connectivity index (χ0n) is 6.03. The van der Waals surface area contributed by atoms with E-state index in [9.17, 15) is 4.79 Å². The van der Waals surface area contributed by atoms with E-state index in [0.29, 0.717) is 12.7 Å². The van der Waals surface area contributed by atoms with Crippen LogP contribution in [0, 0.1) is 0 Å². The van der Waals surface area contributed by atoms with Crippen LogP contribution in [0.4, 0.5) is 0 Å². The van der Waals surface area contributed by atoms with Gasteiger partial charge in [-0.1, -0.05) is 25.2 Å². The summed E-state index contributed by atoms with van der Waals surface area (Å²) in [6.07, 6.45) is 7.26. The summed E-state index contributed by atoms with van der Waals surface area (Å²) in [6, 6.07) is 0. The minimum absolute atomic E-state index is 0.392. The SMILES string of the molecule is CC[C@@H](O)/C=C/C=C/C=O. The summed E-state index contributed by atoms with van der Waals surface area (Å²) in [6.45, 7) is 1.89. The van der Waals surface area contributed by atoms with Crippen molar-refractivity contribution in [1.29, 1.82) is 0 Å². The molecule has 0 rings (SSSR count). The van der Waals surface area contributed by atoms with Crippen LogP contribution in [0.25, 0.3) is 0 Å². The van der Waals surface area contributed by atoms with Gasteiger partial charge in [-0.05, 0) is 12.5 Å². The summed E-state index contributed by atoms with van der Waals surface area (Å²) >= 11 is 0. The van der Waals surface area contributed by atoms with Gasteiger partial charge in [0.2, 0.25) is 0 Å². The van der Waals surface area contributed by atoms with Crippen LogP contribution < -0.4 is 0 Å². The standard InChI is InChI=1S/C8H12O2/c1-2-8(10)6-4-3-5-7-9/h3-8,10H,2H2,1H3/b5-3+,6-4+/t8-/m1/s1. The Morgan fingerprint density at radius 3 is 2.60 bits per heavy atom. The molecule has 0 saturated carbocycles. The second kappa shape index (κ2) is 6.23. The number of aliphatic hydroxyl groups is 1. The lowest BCUT2D eigenvalue weighted by atomic mass is 10.2. The molecule has 1 atom stereocenters. The monoisotopic (exact) mass is 140 g/mol. The number of aldehydes is 1. The number of carbonyl (C=O) groups excluding carboxylic acids is 1. The summed E-state index contributed by atoms with van der Waals surface area (Å²) in [5.74, 6) is 0. The van der Waals surface area contributed by atoms with Crippen LogP contribution in [0.5, 0.6) is 0 Å². The largest absolute Gasteiger partial charge is 0.389 e. The second-order valence-electron chi connectivity index (χ2n) is 1.88. The molecule has 0 amide bonds. The maximum absolute atomic E-state index is 9.74. The predicted octanol–water partition coefficient (Wildman–Crippen LogP) is 1.07. The van der Waals surface area contributed by atoms with E-state index in [0.717, 1.165) is 0 Å². The fourth-order valence-corrected chi connectivity index (χ4v) is 0.438. The van der Waals surface area contributed by atoms with Crippen molar-refractivity contribution in [1.82, 2.24) is 0 Å². The Bertz CT molecular complexity index is 136. The minimum atomic E-state index is -0.392. The van der Waals surface area contributed by atoms with E-state index < -0.39 is 6.10 Å². The van der Waals surface area contributed by atoms with Crippen molar-refractivity contribution >= 4 is 6.29 Å². The molecule has 56 valence electrons. The van der Waals surface area contributed by atoms with E-state index in [2.05, 4.69) is 0 Å². The molecule has 0 saturated heterocycles.